The highest BCUT2D eigenvalue weighted by molar-refractivity contribution is 7.99. The van der Waals surface area contributed by atoms with E-state index in [9.17, 15) is 28.3 Å². The number of halogens is 3. The Labute approximate surface area is 167 Å². The zero-order valence-corrected chi connectivity index (χ0v) is 16.4. The Kier molecular flexibility index (Phi) is 5.59. The number of rotatable bonds is 7. The average Bonchev–Trinajstić information content (AvgIpc) is 3.31. The van der Waals surface area contributed by atoms with Crippen LogP contribution in [0.4, 0.5) is 19.0 Å². The van der Waals surface area contributed by atoms with Crippen molar-refractivity contribution in [2.24, 2.45) is 0 Å². The van der Waals surface area contributed by atoms with Crippen LogP contribution in [0.2, 0.25) is 0 Å². The third-order valence-electron chi connectivity index (χ3n) is 4.40. The summed E-state index contributed by atoms with van der Waals surface area (Å²) in [4.78, 5) is 15.1. The van der Waals surface area contributed by atoms with E-state index >= 15 is 0 Å². The van der Waals surface area contributed by atoms with Crippen LogP contribution in [0.5, 0.6) is 0 Å². The van der Waals surface area contributed by atoms with Gasteiger partial charge in [-0.1, -0.05) is 6.92 Å². The van der Waals surface area contributed by atoms with Crippen LogP contribution in [-0.4, -0.2) is 21.8 Å². The molecule has 0 aliphatic heterocycles. The molecule has 3 rings (SSSR count). The standard InChI is InChI=1S/C18H16F3N3O2S2/c1-2-27-12-6-11(17(9-22)3-4-17)8-24-15(12)23-7-10-5-13(18(19,20)21)28-14(10)16(25)26/h5-6,8H,2-4,7H2,1H3,(H,23,24)(H,25,26). The number of thioether (sulfide) groups is 1. The van der Waals surface area contributed by atoms with Gasteiger partial charge in [0.25, 0.3) is 0 Å². The summed E-state index contributed by atoms with van der Waals surface area (Å²) in [7, 11) is 0. The van der Waals surface area contributed by atoms with E-state index in [1.165, 1.54) is 11.8 Å². The second-order valence-corrected chi connectivity index (χ2v) is 8.68. The Morgan fingerprint density at radius 3 is 2.71 bits per heavy atom. The van der Waals surface area contributed by atoms with Crippen LogP contribution >= 0.6 is 23.1 Å². The van der Waals surface area contributed by atoms with Gasteiger partial charge in [0.1, 0.15) is 15.6 Å². The fraction of sp³-hybridized carbons (Fsp3) is 0.389. The first-order chi connectivity index (χ1) is 13.2. The SMILES string of the molecule is CCSc1cc(C2(C#N)CC2)cnc1NCc1cc(C(F)(F)F)sc1C(=O)O. The normalized spacial score (nSPS) is 15.1. The number of carbonyl (C=O) groups is 1. The molecule has 0 radical (unpaired) electrons. The summed E-state index contributed by atoms with van der Waals surface area (Å²) in [5.41, 5.74) is 0.400. The molecule has 148 valence electrons. The molecule has 2 aromatic heterocycles. The number of aromatic nitrogens is 1. The molecule has 28 heavy (non-hydrogen) atoms. The van der Waals surface area contributed by atoms with Crippen molar-refractivity contribution >= 4 is 34.9 Å². The lowest BCUT2D eigenvalue weighted by atomic mass is 10.00. The van der Waals surface area contributed by atoms with Gasteiger partial charge in [0.15, 0.2) is 0 Å². The highest BCUT2D eigenvalue weighted by Crippen LogP contribution is 2.48. The molecule has 2 heterocycles. The summed E-state index contributed by atoms with van der Waals surface area (Å²) in [6, 6.07) is 5.05. The largest absolute Gasteiger partial charge is 0.477 e. The van der Waals surface area contributed by atoms with Crippen molar-refractivity contribution in [3.8, 4) is 6.07 Å². The maximum absolute atomic E-state index is 12.9. The minimum absolute atomic E-state index is 0.0545. The number of aromatic carboxylic acids is 1. The van der Waals surface area contributed by atoms with E-state index < -0.39 is 22.4 Å². The molecule has 1 saturated carbocycles. The lowest BCUT2D eigenvalue weighted by Gasteiger charge is -2.13. The molecule has 1 aliphatic carbocycles. The zero-order valence-electron chi connectivity index (χ0n) is 14.8. The highest BCUT2D eigenvalue weighted by Gasteiger charge is 2.45. The van der Waals surface area contributed by atoms with E-state index in [4.69, 9.17) is 0 Å². The molecular weight excluding hydrogens is 411 g/mol. The average molecular weight is 427 g/mol. The summed E-state index contributed by atoms with van der Waals surface area (Å²) < 4.78 is 38.8. The van der Waals surface area contributed by atoms with Gasteiger partial charge in [0, 0.05) is 12.7 Å². The molecule has 5 nitrogen and oxygen atoms in total. The van der Waals surface area contributed by atoms with Crippen LogP contribution < -0.4 is 5.32 Å². The van der Waals surface area contributed by atoms with Crippen LogP contribution in [0, 0.1) is 11.3 Å². The predicted octanol–water partition coefficient (Wildman–Crippen LogP) is 5.14. The first-order valence-electron chi connectivity index (χ1n) is 8.42. The van der Waals surface area contributed by atoms with Crippen LogP contribution in [-0.2, 0) is 18.1 Å². The van der Waals surface area contributed by atoms with Crippen molar-refractivity contribution in [2.75, 3.05) is 11.1 Å². The molecule has 0 saturated heterocycles. The van der Waals surface area contributed by atoms with Gasteiger partial charge in [-0.15, -0.1) is 23.1 Å². The van der Waals surface area contributed by atoms with Gasteiger partial charge in [-0.25, -0.2) is 9.78 Å². The van der Waals surface area contributed by atoms with Gasteiger partial charge >= 0.3 is 12.1 Å². The minimum Gasteiger partial charge on any atom is -0.477 e. The molecule has 2 aromatic rings. The molecular formula is C18H16F3N3O2S2. The summed E-state index contributed by atoms with van der Waals surface area (Å²) in [6.45, 7) is 1.86. The highest BCUT2D eigenvalue weighted by atomic mass is 32.2. The fourth-order valence-corrected chi connectivity index (χ4v) is 4.42. The third kappa shape index (κ3) is 4.10. The topological polar surface area (TPSA) is 86.0 Å². The second kappa shape index (κ2) is 7.64. The maximum Gasteiger partial charge on any atom is 0.425 e. The molecule has 0 aromatic carbocycles. The number of carboxylic acids is 1. The van der Waals surface area contributed by atoms with E-state index in [0.717, 1.165) is 35.1 Å². The Balaban J connectivity index is 1.85. The Bertz CT molecular complexity index is 947. The summed E-state index contributed by atoms with van der Waals surface area (Å²) in [5.74, 6) is -0.190. The Morgan fingerprint density at radius 2 is 2.18 bits per heavy atom. The number of hydrogen-bond acceptors (Lipinski definition) is 6. The number of hydrogen-bond donors (Lipinski definition) is 2. The third-order valence-corrected chi connectivity index (χ3v) is 6.52. The molecule has 1 fully saturated rings. The van der Waals surface area contributed by atoms with Crippen LogP contribution in [0.3, 0.4) is 0 Å². The lowest BCUT2D eigenvalue weighted by molar-refractivity contribution is -0.134. The van der Waals surface area contributed by atoms with Gasteiger partial charge in [0.05, 0.1) is 16.4 Å². The second-order valence-electron chi connectivity index (χ2n) is 6.32. The Hall–Kier alpha value is -2.25. The van der Waals surface area contributed by atoms with Crippen molar-refractivity contribution in [1.82, 2.24) is 4.98 Å². The maximum atomic E-state index is 12.9. The fourth-order valence-electron chi connectivity index (χ4n) is 2.75. The quantitative estimate of drug-likeness (QED) is 0.595. The van der Waals surface area contributed by atoms with Crippen molar-refractivity contribution in [2.45, 2.75) is 42.8 Å². The number of nitrogens with zero attached hydrogens (tertiary/aromatic N) is 2. The van der Waals surface area contributed by atoms with Crippen molar-refractivity contribution < 1.29 is 23.1 Å². The monoisotopic (exact) mass is 427 g/mol. The number of nitrogens with one attached hydrogen (secondary N) is 1. The zero-order chi connectivity index (χ0) is 20.5. The molecule has 0 spiro atoms. The smallest absolute Gasteiger partial charge is 0.425 e. The summed E-state index contributed by atoms with van der Waals surface area (Å²) in [6.07, 6.45) is -1.42. The van der Waals surface area contributed by atoms with Crippen molar-refractivity contribution in [1.29, 1.82) is 5.26 Å². The van der Waals surface area contributed by atoms with E-state index in [1.807, 2.05) is 13.0 Å². The molecule has 1 aliphatic rings. The van der Waals surface area contributed by atoms with Gasteiger partial charge in [-0.2, -0.15) is 18.4 Å². The first-order valence-corrected chi connectivity index (χ1v) is 10.2. The molecule has 10 heteroatoms. The molecule has 0 bridgehead atoms. The lowest BCUT2D eigenvalue weighted by Crippen LogP contribution is -2.09. The number of alkyl halides is 3. The molecule has 0 atom stereocenters. The molecule has 0 amide bonds. The van der Waals surface area contributed by atoms with Crippen LogP contribution in [0.1, 0.15) is 45.4 Å². The van der Waals surface area contributed by atoms with Crippen LogP contribution in [0.25, 0.3) is 0 Å². The predicted molar refractivity (Wildman–Crippen MR) is 101 cm³/mol. The molecule has 0 unspecified atom stereocenters. The van der Waals surface area contributed by atoms with Gasteiger partial charge in [-0.05, 0) is 41.9 Å². The number of anilines is 1. The number of nitriles is 1. The first kappa shape index (κ1) is 20.5. The van der Waals surface area contributed by atoms with Crippen molar-refractivity contribution in [3.63, 3.8) is 0 Å². The Morgan fingerprint density at radius 1 is 1.46 bits per heavy atom. The summed E-state index contributed by atoms with van der Waals surface area (Å²) >= 11 is 1.71. The molecule has 2 N–H and O–H groups in total. The van der Waals surface area contributed by atoms with E-state index in [2.05, 4.69) is 16.4 Å². The summed E-state index contributed by atoms with van der Waals surface area (Å²) in [5, 5.41) is 21.5. The van der Waals surface area contributed by atoms with E-state index in [0.29, 0.717) is 5.82 Å². The van der Waals surface area contributed by atoms with Crippen molar-refractivity contribution in [3.05, 3.63) is 39.2 Å². The van der Waals surface area contributed by atoms with E-state index in [1.54, 1.807) is 6.20 Å². The number of thiophene rings is 1. The number of carboxylic acid groups (broad SMARTS) is 1. The minimum atomic E-state index is -4.59. The van der Waals surface area contributed by atoms with Gasteiger partial charge in [0.2, 0.25) is 0 Å². The van der Waals surface area contributed by atoms with Gasteiger partial charge < -0.3 is 10.4 Å². The van der Waals surface area contributed by atoms with E-state index in [-0.39, 0.29) is 28.3 Å². The van der Waals surface area contributed by atoms with Crippen LogP contribution in [0.15, 0.2) is 23.2 Å². The van der Waals surface area contributed by atoms with Gasteiger partial charge in [-0.3, -0.25) is 0 Å². The number of pyridine rings is 1.